The van der Waals surface area contributed by atoms with Gasteiger partial charge in [0, 0.05) is 18.8 Å². The highest BCUT2D eigenvalue weighted by Crippen LogP contribution is 2.27. The van der Waals surface area contributed by atoms with Crippen molar-refractivity contribution < 1.29 is 0 Å². The molecule has 3 rings (SSSR count). The summed E-state index contributed by atoms with van der Waals surface area (Å²) in [5.41, 5.74) is 2.79. The highest BCUT2D eigenvalue weighted by Gasteiger charge is 2.13. The molecule has 1 nitrogen and oxygen atoms in total. The van der Waals surface area contributed by atoms with Crippen LogP contribution in [0.4, 0.5) is 5.69 Å². The molecule has 16 heavy (non-hydrogen) atoms. The van der Waals surface area contributed by atoms with Gasteiger partial charge >= 0.3 is 0 Å². The van der Waals surface area contributed by atoms with Gasteiger partial charge in [-0.25, -0.2) is 0 Å². The molecule has 1 aliphatic heterocycles. The maximum Gasteiger partial charge on any atom is 0.0375 e. The fourth-order valence-corrected chi connectivity index (χ4v) is 2.64. The third-order valence-corrected chi connectivity index (χ3v) is 3.52. The van der Waals surface area contributed by atoms with Gasteiger partial charge in [-0.1, -0.05) is 24.3 Å². The van der Waals surface area contributed by atoms with Crippen LogP contribution < -0.4 is 4.90 Å². The van der Waals surface area contributed by atoms with E-state index in [9.17, 15) is 0 Å². The predicted molar refractivity (Wildman–Crippen MR) is 70.1 cm³/mol. The second kappa shape index (κ2) is 3.82. The first kappa shape index (κ1) is 9.71. The summed E-state index contributed by atoms with van der Waals surface area (Å²) in [5.74, 6) is 0. The third-order valence-electron chi connectivity index (χ3n) is 3.52. The lowest BCUT2D eigenvalue weighted by molar-refractivity contribution is 0.949. The van der Waals surface area contributed by atoms with Crippen molar-refractivity contribution in [3.05, 3.63) is 42.0 Å². The first-order valence-electron chi connectivity index (χ1n) is 6.09. The van der Waals surface area contributed by atoms with Crippen LogP contribution in [0.25, 0.3) is 10.8 Å². The summed E-state index contributed by atoms with van der Waals surface area (Å²) < 4.78 is 0. The Kier molecular flexibility index (Phi) is 2.32. The number of fused-ring (bicyclic) bond motifs is 1. The minimum atomic E-state index is 1.22. The second-order valence-corrected chi connectivity index (χ2v) is 4.68. The maximum atomic E-state index is 2.50. The standard InChI is InChI=1S/C15H17N/c1-12-10-14(16-8-4-5-9-16)11-13-6-2-3-7-15(12)13/h2-3,6-7,10-11H,4-5,8-9H2,1H3. The van der Waals surface area contributed by atoms with Crippen LogP contribution in [0.1, 0.15) is 18.4 Å². The highest BCUT2D eigenvalue weighted by atomic mass is 15.1. The Hall–Kier alpha value is -1.50. The average molecular weight is 211 g/mol. The topological polar surface area (TPSA) is 3.24 Å². The normalized spacial score (nSPS) is 15.9. The summed E-state index contributed by atoms with van der Waals surface area (Å²) in [6.45, 7) is 4.65. The smallest absolute Gasteiger partial charge is 0.0375 e. The largest absolute Gasteiger partial charge is 0.372 e. The summed E-state index contributed by atoms with van der Waals surface area (Å²) in [4.78, 5) is 2.50. The SMILES string of the molecule is Cc1cc(N2CCCC2)cc2ccccc12. The van der Waals surface area contributed by atoms with Gasteiger partial charge in [0.1, 0.15) is 0 Å². The van der Waals surface area contributed by atoms with Crippen LogP contribution in [0.3, 0.4) is 0 Å². The Balaban J connectivity index is 2.13. The Morgan fingerprint density at radius 3 is 2.56 bits per heavy atom. The first-order chi connectivity index (χ1) is 7.84. The van der Waals surface area contributed by atoms with Crippen molar-refractivity contribution in [2.24, 2.45) is 0 Å². The van der Waals surface area contributed by atoms with Gasteiger partial charge in [-0.3, -0.25) is 0 Å². The van der Waals surface area contributed by atoms with Gasteiger partial charge < -0.3 is 4.90 Å². The van der Waals surface area contributed by atoms with Gasteiger partial charge in [0.15, 0.2) is 0 Å². The van der Waals surface area contributed by atoms with Crippen molar-refractivity contribution >= 4 is 16.5 Å². The molecule has 0 amide bonds. The molecule has 0 saturated carbocycles. The number of hydrogen-bond acceptors (Lipinski definition) is 1. The van der Waals surface area contributed by atoms with Crippen molar-refractivity contribution in [1.29, 1.82) is 0 Å². The third kappa shape index (κ3) is 1.57. The van der Waals surface area contributed by atoms with E-state index >= 15 is 0 Å². The van der Waals surface area contributed by atoms with Gasteiger partial charge in [0.05, 0.1) is 0 Å². The fourth-order valence-electron chi connectivity index (χ4n) is 2.64. The van der Waals surface area contributed by atoms with Gasteiger partial charge in [-0.05, 0) is 48.2 Å². The Bertz CT molecular complexity index is 510. The highest BCUT2D eigenvalue weighted by molar-refractivity contribution is 5.89. The van der Waals surface area contributed by atoms with Crippen molar-refractivity contribution in [3.63, 3.8) is 0 Å². The van der Waals surface area contributed by atoms with Crippen LogP contribution >= 0.6 is 0 Å². The van der Waals surface area contributed by atoms with Crippen LogP contribution in [-0.4, -0.2) is 13.1 Å². The summed E-state index contributed by atoms with van der Waals surface area (Å²) in [6, 6.07) is 13.3. The van der Waals surface area contributed by atoms with E-state index in [1.807, 2.05) is 0 Å². The van der Waals surface area contributed by atoms with E-state index in [-0.39, 0.29) is 0 Å². The van der Waals surface area contributed by atoms with E-state index in [2.05, 4.69) is 48.2 Å². The monoisotopic (exact) mass is 211 g/mol. The molecule has 0 aromatic heterocycles. The van der Waals surface area contributed by atoms with Crippen molar-refractivity contribution in [2.45, 2.75) is 19.8 Å². The molecule has 2 aromatic carbocycles. The van der Waals surface area contributed by atoms with Crippen LogP contribution in [0.2, 0.25) is 0 Å². The molecule has 0 bridgehead atoms. The minimum Gasteiger partial charge on any atom is -0.372 e. The van der Waals surface area contributed by atoms with Crippen LogP contribution in [-0.2, 0) is 0 Å². The molecule has 0 N–H and O–H groups in total. The number of anilines is 1. The summed E-state index contributed by atoms with van der Waals surface area (Å²) in [6.07, 6.45) is 2.68. The lowest BCUT2D eigenvalue weighted by Crippen LogP contribution is -2.17. The Morgan fingerprint density at radius 2 is 1.75 bits per heavy atom. The van der Waals surface area contributed by atoms with Crippen molar-refractivity contribution in [1.82, 2.24) is 0 Å². The Labute approximate surface area is 96.7 Å². The van der Waals surface area contributed by atoms with Gasteiger partial charge in [0.25, 0.3) is 0 Å². The molecule has 82 valence electrons. The molecule has 0 spiro atoms. The van der Waals surface area contributed by atoms with E-state index in [1.54, 1.807) is 0 Å². The van der Waals surface area contributed by atoms with E-state index in [0.717, 1.165) is 0 Å². The summed E-state index contributed by atoms with van der Waals surface area (Å²) in [5, 5.41) is 2.75. The Morgan fingerprint density at radius 1 is 1.00 bits per heavy atom. The van der Waals surface area contributed by atoms with Crippen LogP contribution in [0.15, 0.2) is 36.4 Å². The average Bonchev–Trinajstić information content (AvgIpc) is 2.82. The molecule has 0 atom stereocenters. The zero-order valence-electron chi connectivity index (χ0n) is 9.74. The predicted octanol–water partition coefficient (Wildman–Crippen LogP) is 3.75. The van der Waals surface area contributed by atoms with Gasteiger partial charge in [-0.2, -0.15) is 0 Å². The summed E-state index contributed by atoms with van der Waals surface area (Å²) >= 11 is 0. The van der Waals surface area contributed by atoms with Crippen LogP contribution in [0, 0.1) is 6.92 Å². The quantitative estimate of drug-likeness (QED) is 0.694. The van der Waals surface area contributed by atoms with Gasteiger partial charge in [0.2, 0.25) is 0 Å². The van der Waals surface area contributed by atoms with Crippen molar-refractivity contribution in [3.8, 4) is 0 Å². The molecule has 1 aliphatic rings. The fraction of sp³-hybridized carbons (Fsp3) is 0.333. The molecule has 1 heteroatoms. The molecule has 0 radical (unpaired) electrons. The number of benzene rings is 2. The lowest BCUT2D eigenvalue weighted by atomic mass is 10.0. The van der Waals surface area contributed by atoms with Crippen molar-refractivity contribution in [2.75, 3.05) is 18.0 Å². The molecule has 1 heterocycles. The molecule has 0 aliphatic carbocycles. The van der Waals surface area contributed by atoms with E-state index < -0.39 is 0 Å². The maximum absolute atomic E-state index is 2.50. The van der Waals surface area contributed by atoms with Gasteiger partial charge in [-0.15, -0.1) is 0 Å². The first-order valence-corrected chi connectivity index (χ1v) is 6.09. The number of hydrogen-bond donors (Lipinski definition) is 0. The van der Waals surface area contributed by atoms with E-state index in [4.69, 9.17) is 0 Å². The zero-order chi connectivity index (χ0) is 11.0. The second-order valence-electron chi connectivity index (χ2n) is 4.68. The summed E-state index contributed by atoms with van der Waals surface area (Å²) in [7, 11) is 0. The molecule has 0 unspecified atom stereocenters. The molecule has 1 saturated heterocycles. The van der Waals surface area contributed by atoms with E-state index in [0.29, 0.717) is 0 Å². The molecular formula is C15H17N. The molecular weight excluding hydrogens is 194 g/mol. The van der Waals surface area contributed by atoms with E-state index in [1.165, 1.54) is 48.0 Å². The zero-order valence-corrected chi connectivity index (χ0v) is 9.74. The number of rotatable bonds is 1. The molecule has 2 aromatic rings. The number of nitrogens with zero attached hydrogens (tertiary/aromatic N) is 1. The number of aryl methyl sites for hydroxylation is 1. The molecule has 1 fully saturated rings. The lowest BCUT2D eigenvalue weighted by Gasteiger charge is -2.19. The van der Waals surface area contributed by atoms with Crippen LogP contribution in [0.5, 0.6) is 0 Å². The minimum absolute atomic E-state index is 1.22.